The maximum absolute atomic E-state index is 4.98. The Morgan fingerprint density at radius 3 is 2.83 bits per heavy atom. The van der Waals surface area contributed by atoms with E-state index < -0.39 is 0 Å². The molecule has 18 heavy (non-hydrogen) atoms. The first-order chi connectivity index (χ1) is 8.92. The Bertz CT molecular complexity index is 514. The zero-order valence-electron chi connectivity index (χ0n) is 10.7. The Labute approximate surface area is 108 Å². The van der Waals surface area contributed by atoms with Crippen LogP contribution < -0.4 is 5.32 Å². The molecule has 0 aliphatic rings. The molecule has 94 valence electrons. The van der Waals surface area contributed by atoms with Crippen molar-refractivity contribution in [3.8, 4) is 0 Å². The third kappa shape index (κ3) is 3.42. The van der Waals surface area contributed by atoms with E-state index in [4.69, 9.17) is 4.74 Å². The summed E-state index contributed by atoms with van der Waals surface area (Å²) in [6.07, 6.45) is 4.32. The van der Waals surface area contributed by atoms with Crippen molar-refractivity contribution < 1.29 is 4.74 Å². The fourth-order valence-electron chi connectivity index (χ4n) is 1.94. The third-order valence-electron chi connectivity index (χ3n) is 2.87. The van der Waals surface area contributed by atoms with Gasteiger partial charge in [-0.3, -0.25) is 0 Å². The summed E-state index contributed by atoms with van der Waals surface area (Å²) in [5, 5.41) is 5.88. The van der Waals surface area contributed by atoms with E-state index in [1.165, 1.54) is 16.3 Å². The predicted octanol–water partition coefficient (Wildman–Crippen LogP) is 3.09. The van der Waals surface area contributed by atoms with Gasteiger partial charge in [0.25, 0.3) is 0 Å². The highest BCUT2D eigenvalue weighted by atomic mass is 16.5. The molecule has 2 rings (SSSR count). The van der Waals surface area contributed by atoms with E-state index in [-0.39, 0.29) is 0 Å². The molecule has 0 spiro atoms. The van der Waals surface area contributed by atoms with Crippen LogP contribution in [-0.2, 0) is 4.74 Å². The van der Waals surface area contributed by atoms with Crippen molar-refractivity contribution in [2.24, 2.45) is 0 Å². The van der Waals surface area contributed by atoms with Gasteiger partial charge in [0.05, 0.1) is 6.61 Å². The number of fused-ring (bicyclic) bond motifs is 1. The summed E-state index contributed by atoms with van der Waals surface area (Å²) in [5.74, 6) is 0. The van der Waals surface area contributed by atoms with Gasteiger partial charge in [-0.2, -0.15) is 0 Å². The largest absolute Gasteiger partial charge is 0.383 e. The van der Waals surface area contributed by atoms with Gasteiger partial charge in [0, 0.05) is 20.2 Å². The van der Waals surface area contributed by atoms with Crippen molar-refractivity contribution in [1.82, 2.24) is 5.32 Å². The van der Waals surface area contributed by atoms with Crippen LogP contribution in [0.3, 0.4) is 0 Å². The number of methoxy groups -OCH3 is 1. The molecule has 2 aromatic rings. The quantitative estimate of drug-likeness (QED) is 0.785. The second-order valence-electron chi connectivity index (χ2n) is 4.17. The lowest BCUT2D eigenvalue weighted by atomic mass is 10.0. The van der Waals surface area contributed by atoms with E-state index in [9.17, 15) is 0 Å². The summed E-state index contributed by atoms with van der Waals surface area (Å²) in [6, 6.07) is 14.8. The molecular formula is C16H19NO. The number of benzene rings is 2. The molecule has 0 heterocycles. The van der Waals surface area contributed by atoms with Crippen LogP contribution in [0.4, 0.5) is 0 Å². The van der Waals surface area contributed by atoms with Gasteiger partial charge in [-0.1, -0.05) is 54.6 Å². The second kappa shape index (κ2) is 6.94. The lowest BCUT2D eigenvalue weighted by Gasteiger charge is -2.02. The summed E-state index contributed by atoms with van der Waals surface area (Å²) < 4.78 is 4.98. The summed E-state index contributed by atoms with van der Waals surface area (Å²) in [6.45, 7) is 2.51. The molecule has 0 saturated carbocycles. The molecule has 0 saturated heterocycles. The minimum absolute atomic E-state index is 0.752. The van der Waals surface area contributed by atoms with Crippen LogP contribution in [0.1, 0.15) is 5.56 Å². The molecule has 0 fully saturated rings. The SMILES string of the molecule is COCCNCC=Cc1cccc2ccccc12. The minimum atomic E-state index is 0.752. The molecule has 1 N–H and O–H groups in total. The number of rotatable bonds is 6. The Hall–Kier alpha value is -1.64. The minimum Gasteiger partial charge on any atom is -0.383 e. The normalized spacial score (nSPS) is 11.4. The highest BCUT2D eigenvalue weighted by Crippen LogP contribution is 2.19. The van der Waals surface area contributed by atoms with Crippen LogP contribution in [-0.4, -0.2) is 26.8 Å². The van der Waals surface area contributed by atoms with Crippen molar-refractivity contribution in [2.45, 2.75) is 0 Å². The van der Waals surface area contributed by atoms with Crippen LogP contribution in [0.25, 0.3) is 16.8 Å². The van der Waals surface area contributed by atoms with E-state index in [1.807, 2.05) is 0 Å². The summed E-state index contributed by atoms with van der Waals surface area (Å²) in [5.41, 5.74) is 1.27. The smallest absolute Gasteiger partial charge is 0.0587 e. The Balaban J connectivity index is 2.01. The van der Waals surface area contributed by atoms with Crippen LogP contribution >= 0.6 is 0 Å². The standard InChI is InChI=1S/C16H19NO/c1-18-13-12-17-11-5-9-15-8-4-7-14-6-2-3-10-16(14)15/h2-10,17H,11-13H2,1H3. The van der Waals surface area contributed by atoms with E-state index in [0.717, 1.165) is 19.7 Å². The molecule has 0 aliphatic carbocycles. The average Bonchev–Trinajstić information content (AvgIpc) is 2.43. The molecule has 2 nitrogen and oxygen atoms in total. The highest BCUT2D eigenvalue weighted by molar-refractivity contribution is 5.90. The van der Waals surface area contributed by atoms with Gasteiger partial charge in [0.2, 0.25) is 0 Å². The van der Waals surface area contributed by atoms with Crippen molar-refractivity contribution >= 4 is 16.8 Å². The zero-order valence-corrected chi connectivity index (χ0v) is 10.7. The van der Waals surface area contributed by atoms with E-state index in [0.29, 0.717) is 0 Å². The molecule has 2 heteroatoms. The van der Waals surface area contributed by atoms with Crippen LogP contribution in [0.2, 0.25) is 0 Å². The third-order valence-corrected chi connectivity index (χ3v) is 2.87. The topological polar surface area (TPSA) is 21.3 Å². The van der Waals surface area contributed by atoms with E-state index >= 15 is 0 Å². The zero-order chi connectivity index (χ0) is 12.6. The van der Waals surface area contributed by atoms with Gasteiger partial charge >= 0.3 is 0 Å². The summed E-state index contributed by atoms with van der Waals surface area (Å²) >= 11 is 0. The lowest BCUT2D eigenvalue weighted by molar-refractivity contribution is 0.200. The highest BCUT2D eigenvalue weighted by Gasteiger charge is 1.95. The summed E-state index contributed by atoms with van der Waals surface area (Å²) in [4.78, 5) is 0. The first kappa shape index (κ1) is 12.8. The van der Waals surface area contributed by atoms with Crippen molar-refractivity contribution in [1.29, 1.82) is 0 Å². The molecule has 0 unspecified atom stereocenters. The Kier molecular flexibility index (Phi) is 4.94. The molecule has 2 aromatic carbocycles. The van der Waals surface area contributed by atoms with Crippen molar-refractivity contribution in [2.75, 3.05) is 26.8 Å². The van der Waals surface area contributed by atoms with Crippen molar-refractivity contribution in [3.63, 3.8) is 0 Å². The van der Waals surface area contributed by atoms with Gasteiger partial charge in [0.15, 0.2) is 0 Å². The number of hydrogen-bond donors (Lipinski definition) is 1. The molecular weight excluding hydrogens is 222 g/mol. The van der Waals surface area contributed by atoms with Crippen LogP contribution in [0, 0.1) is 0 Å². The Morgan fingerprint density at radius 2 is 1.94 bits per heavy atom. The number of nitrogens with one attached hydrogen (secondary N) is 1. The van der Waals surface area contributed by atoms with Gasteiger partial charge < -0.3 is 10.1 Å². The van der Waals surface area contributed by atoms with Crippen molar-refractivity contribution in [3.05, 3.63) is 54.1 Å². The monoisotopic (exact) mass is 241 g/mol. The maximum Gasteiger partial charge on any atom is 0.0587 e. The number of hydrogen-bond acceptors (Lipinski definition) is 2. The van der Waals surface area contributed by atoms with Gasteiger partial charge in [0.1, 0.15) is 0 Å². The van der Waals surface area contributed by atoms with E-state index in [2.05, 4.69) is 59.9 Å². The predicted molar refractivity (Wildman–Crippen MR) is 77.7 cm³/mol. The lowest BCUT2D eigenvalue weighted by Crippen LogP contribution is -2.18. The maximum atomic E-state index is 4.98. The molecule has 0 amide bonds. The fourth-order valence-corrected chi connectivity index (χ4v) is 1.94. The average molecular weight is 241 g/mol. The second-order valence-corrected chi connectivity index (χ2v) is 4.17. The first-order valence-corrected chi connectivity index (χ1v) is 6.26. The molecule has 0 radical (unpaired) electrons. The molecule has 0 aliphatic heterocycles. The molecule has 0 aromatic heterocycles. The summed E-state index contributed by atoms with van der Waals surface area (Å²) in [7, 11) is 1.72. The van der Waals surface area contributed by atoms with Gasteiger partial charge in [-0.15, -0.1) is 0 Å². The molecule has 0 bridgehead atoms. The van der Waals surface area contributed by atoms with Crippen LogP contribution in [0.5, 0.6) is 0 Å². The molecule has 0 atom stereocenters. The van der Waals surface area contributed by atoms with Gasteiger partial charge in [-0.05, 0) is 16.3 Å². The first-order valence-electron chi connectivity index (χ1n) is 6.26. The number of ether oxygens (including phenoxy) is 1. The fraction of sp³-hybridized carbons (Fsp3) is 0.250. The van der Waals surface area contributed by atoms with E-state index in [1.54, 1.807) is 7.11 Å². The van der Waals surface area contributed by atoms with Gasteiger partial charge in [-0.25, -0.2) is 0 Å². The Morgan fingerprint density at radius 1 is 1.11 bits per heavy atom. The van der Waals surface area contributed by atoms with Crippen LogP contribution in [0.15, 0.2) is 48.5 Å².